The molecule has 16 heavy (non-hydrogen) atoms. The molecule has 0 spiro atoms. The van der Waals surface area contributed by atoms with Gasteiger partial charge < -0.3 is 9.47 Å². The van der Waals surface area contributed by atoms with Crippen LogP contribution >= 0.6 is 0 Å². The summed E-state index contributed by atoms with van der Waals surface area (Å²) in [5.74, 6) is 6.32. The van der Waals surface area contributed by atoms with Crippen molar-refractivity contribution >= 4 is 16.7 Å². The van der Waals surface area contributed by atoms with Gasteiger partial charge in [0.25, 0.3) is 0 Å². The zero-order chi connectivity index (χ0) is 11.7. The molecule has 2 rings (SSSR count). The molecule has 1 aromatic heterocycles. The van der Waals surface area contributed by atoms with Crippen LogP contribution in [0.3, 0.4) is 0 Å². The summed E-state index contributed by atoms with van der Waals surface area (Å²) >= 11 is 0. The van der Waals surface area contributed by atoms with E-state index in [2.05, 4.69) is 33.2 Å². The molecule has 0 saturated heterocycles. The van der Waals surface area contributed by atoms with Crippen LogP contribution in [-0.2, 0) is 7.05 Å². The predicted octanol–water partition coefficient (Wildman–Crippen LogP) is 0.739. The fourth-order valence-corrected chi connectivity index (χ4v) is 1.77. The number of aromatic nitrogens is 2. The number of nitrogens with one attached hydrogen (secondary N) is 1. The first-order chi connectivity index (χ1) is 7.63. The van der Waals surface area contributed by atoms with Crippen molar-refractivity contribution in [1.82, 2.24) is 15.0 Å². The maximum Gasteiger partial charge on any atom is 0.106 e. The Morgan fingerprint density at radius 2 is 2.25 bits per heavy atom. The lowest BCUT2D eigenvalue weighted by Crippen LogP contribution is -2.35. The molecular weight excluding hydrogens is 202 g/mol. The van der Waals surface area contributed by atoms with Crippen LogP contribution in [0.1, 0.15) is 5.82 Å². The van der Waals surface area contributed by atoms with E-state index in [-0.39, 0.29) is 0 Å². The summed E-state index contributed by atoms with van der Waals surface area (Å²) in [6.45, 7) is 2.61. The SMILES string of the molecule is Cc1nc2cc(N(C)CNN)ccc2n1C. The summed E-state index contributed by atoms with van der Waals surface area (Å²) in [4.78, 5) is 6.53. The number of hydrazine groups is 1. The second kappa shape index (κ2) is 4.11. The fourth-order valence-electron chi connectivity index (χ4n) is 1.77. The number of aryl methyl sites for hydroxylation is 2. The van der Waals surface area contributed by atoms with Gasteiger partial charge in [-0.05, 0) is 25.1 Å². The third-order valence-corrected chi connectivity index (χ3v) is 2.86. The molecule has 0 aliphatic rings. The number of nitrogens with zero attached hydrogens (tertiary/aromatic N) is 3. The molecule has 0 aliphatic carbocycles. The number of benzene rings is 1. The first kappa shape index (κ1) is 10.9. The van der Waals surface area contributed by atoms with Crippen molar-refractivity contribution < 1.29 is 0 Å². The molecule has 5 nitrogen and oxygen atoms in total. The molecule has 0 saturated carbocycles. The minimum Gasteiger partial charge on any atom is -0.361 e. The molecule has 0 unspecified atom stereocenters. The highest BCUT2D eigenvalue weighted by Crippen LogP contribution is 2.21. The maximum atomic E-state index is 5.30. The molecule has 1 aromatic carbocycles. The zero-order valence-electron chi connectivity index (χ0n) is 9.86. The lowest BCUT2D eigenvalue weighted by atomic mass is 10.2. The molecule has 1 heterocycles. The van der Waals surface area contributed by atoms with E-state index in [4.69, 9.17) is 5.84 Å². The van der Waals surface area contributed by atoms with Gasteiger partial charge in [0.15, 0.2) is 0 Å². The molecule has 86 valence electrons. The summed E-state index contributed by atoms with van der Waals surface area (Å²) < 4.78 is 2.08. The largest absolute Gasteiger partial charge is 0.361 e. The second-order valence-corrected chi connectivity index (χ2v) is 3.95. The average molecular weight is 219 g/mol. The van der Waals surface area contributed by atoms with Crippen molar-refractivity contribution in [2.45, 2.75) is 6.92 Å². The molecular formula is C11H17N5. The van der Waals surface area contributed by atoms with Gasteiger partial charge in [-0.2, -0.15) is 0 Å². The van der Waals surface area contributed by atoms with E-state index < -0.39 is 0 Å². The van der Waals surface area contributed by atoms with Gasteiger partial charge in [-0.25, -0.2) is 10.4 Å². The van der Waals surface area contributed by atoms with Crippen LogP contribution < -0.4 is 16.2 Å². The van der Waals surface area contributed by atoms with Crippen LogP contribution in [0.25, 0.3) is 11.0 Å². The predicted molar refractivity (Wildman–Crippen MR) is 66.0 cm³/mol. The smallest absolute Gasteiger partial charge is 0.106 e. The van der Waals surface area contributed by atoms with Crippen molar-refractivity contribution in [1.29, 1.82) is 0 Å². The Morgan fingerprint density at radius 3 is 2.94 bits per heavy atom. The minimum atomic E-state index is 0.608. The number of hydrogen-bond acceptors (Lipinski definition) is 4. The molecule has 3 N–H and O–H groups in total. The van der Waals surface area contributed by atoms with Crippen molar-refractivity contribution in [3.63, 3.8) is 0 Å². The van der Waals surface area contributed by atoms with E-state index in [9.17, 15) is 0 Å². The molecule has 0 radical (unpaired) electrons. The quantitative estimate of drug-likeness (QED) is 0.454. The van der Waals surface area contributed by atoms with Crippen LogP contribution in [0.15, 0.2) is 18.2 Å². The molecule has 0 bridgehead atoms. The van der Waals surface area contributed by atoms with E-state index >= 15 is 0 Å². The Kier molecular flexibility index (Phi) is 2.80. The number of nitrogens with two attached hydrogens (primary N) is 1. The molecule has 0 fully saturated rings. The number of rotatable bonds is 3. The lowest BCUT2D eigenvalue weighted by molar-refractivity contribution is 0.718. The van der Waals surface area contributed by atoms with Crippen LogP contribution in [0.2, 0.25) is 0 Å². The van der Waals surface area contributed by atoms with Gasteiger partial charge in [-0.3, -0.25) is 5.84 Å². The van der Waals surface area contributed by atoms with Crippen molar-refractivity contribution in [3.8, 4) is 0 Å². The van der Waals surface area contributed by atoms with E-state index in [1.165, 1.54) is 0 Å². The standard InChI is InChI=1S/C11H17N5/c1-8-14-10-6-9(15(2)7-13-12)4-5-11(10)16(8)3/h4-6,13H,7,12H2,1-3H3. The molecule has 0 atom stereocenters. The second-order valence-electron chi connectivity index (χ2n) is 3.95. The van der Waals surface area contributed by atoms with E-state index in [1.54, 1.807) is 0 Å². The van der Waals surface area contributed by atoms with Gasteiger partial charge in [0.05, 0.1) is 17.7 Å². The van der Waals surface area contributed by atoms with Gasteiger partial charge >= 0.3 is 0 Å². The van der Waals surface area contributed by atoms with E-state index in [1.807, 2.05) is 25.9 Å². The summed E-state index contributed by atoms with van der Waals surface area (Å²) in [6.07, 6.45) is 0. The number of imidazole rings is 1. The number of fused-ring (bicyclic) bond motifs is 1. The van der Waals surface area contributed by atoms with Gasteiger partial charge in [0, 0.05) is 19.8 Å². The van der Waals surface area contributed by atoms with Gasteiger partial charge in [0.1, 0.15) is 5.82 Å². The topological polar surface area (TPSA) is 59.1 Å². The highest BCUT2D eigenvalue weighted by Gasteiger charge is 2.06. The Labute approximate surface area is 94.8 Å². The molecule has 0 aliphatic heterocycles. The highest BCUT2D eigenvalue weighted by atomic mass is 15.3. The summed E-state index contributed by atoms with van der Waals surface area (Å²) in [5, 5.41) is 0. The first-order valence-electron chi connectivity index (χ1n) is 5.21. The van der Waals surface area contributed by atoms with Crippen molar-refractivity contribution in [2.24, 2.45) is 12.9 Å². The Hall–Kier alpha value is -1.59. The molecule has 2 aromatic rings. The molecule has 5 heteroatoms. The Morgan fingerprint density at radius 1 is 1.50 bits per heavy atom. The zero-order valence-corrected chi connectivity index (χ0v) is 9.86. The Bertz CT molecular complexity index is 502. The van der Waals surface area contributed by atoms with Crippen LogP contribution in [0, 0.1) is 6.92 Å². The summed E-state index contributed by atoms with van der Waals surface area (Å²) in [6, 6.07) is 6.22. The van der Waals surface area contributed by atoms with Crippen LogP contribution in [-0.4, -0.2) is 23.3 Å². The van der Waals surface area contributed by atoms with Gasteiger partial charge in [-0.15, -0.1) is 0 Å². The van der Waals surface area contributed by atoms with Crippen molar-refractivity contribution in [2.75, 3.05) is 18.6 Å². The lowest BCUT2D eigenvalue weighted by Gasteiger charge is -2.18. The average Bonchev–Trinajstić information content (AvgIpc) is 2.55. The summed E-state index contributed by atoms with van der Waals surface area (Å²) in [7, 11) is 4.01. The Balaban J connectivity index is 2.44. The third kappa shape index (κ3) is 1.75. The minimum absolute atomic E-state index is 0.608. The highest BCUT2D eigenvalue weighted by molar-refractivity contribution is 5.80. The monoisotopic (exact) mass is 219 g/mol. The maximum absolute atomic E-state index is 5.30. The molecule has 0 amide bonds. The summed E-state index contributed by atoms with van der Waals surface area (Å²) in [5.41, 5.74) is 5.90. The number of anilines is 1. The van der Waals surface area contributed by atoms with Gasteiger partial charge in [0.2, 0.25) is 0 Å². The van der Waals surface area contributed by atoms with Crippen LogP contribution in [0.5, 0.6) is 0 Å². The van der Waals surface area contributed by atoms with Crippen LogP contribution in [0.4, 0.5) is 5.69 Å². The first-order valence-corrected chi connectivity index (χ1v) is 5.21. The van der Waals surface area contributed by atoms with E-state index in [0.717, 1.165) is 22.5 Å². The third-order valence-electron chi connectivity index (χ3n) is 2.86. The normalized spacial score (nSPS) is 11.0. The van der Waals surface area contributed by atoms with Crippen molar-refractivity contribution in [3.05, 3.63) is 24.0 Å². The fraction of sp³-hybridized carbons (Fsp3) is 0.364. The number of hydrogen-bond donors (Lipinski definition) is 2. The van der Waals surface area contributed by atoms with E-state index in [0.29, 0.717) is 6.67 Å². The van der Waals surface area contributed by atoms with Gasteiger partial charge in [-0.1, -0.05) is 0 Å².